The van der Waals surface area contributed by atoms with E-state index >= 15 is 0 Å². The Morgan fingerprint density at radius 2 is 1.80 bits per heavy atom. The van der Waals surface area contributed by atoms with Gasteiger partial charge in [-0.25, -0.2) is 13.4 Å². The second-order valence-corrected chi connectivity index (χ2v) is 14.0. The van der Waals surface area contributed by atoms with Gasteiger partial charge in [0.25, 0.3) is 17.4 Å². The number of imidazole rings is 1. The summed E-state index contributed by atoms with van der Waals surface area (Å²) in [5.41, 5.74) is 3.67. The Morgan fingerprint density at radius 3 is 2.52 bits per heavy atom. The van der Waals surface area contributed by atoms with E-state index in [4.69, 9.17) is 4.74 Å². The third kappa shape index (κ3) is 7.46. The van der Waals surface area contributed by atoms with Gasteiger partial charge in [0, 0.05) is 32.1 Å². The molecule has 1 atom stereocenters. The van der Waals surface area contributed by atoms with Gasteiger partial charge in [-0.05, 0) is 63.7 Å². The van der Waals surface area contributed by atoms with Crippen LogP contribution in [0.3, 0.4) is 0 Å². The Bertz CT molecular complexity index is 1900. The van der Waals surface area contributed by atoms with Crippen molar-refractivity contribution in [3.05, 3.63) is 75.2 Å². The molecule has 0 saturated heterocycles. The molecule has 14 heteroatoms. The summed E-state index contributed by atoms with van der Waals surface area (Å²) in [4.78, 5) is 52.6. The molecule has 46 heavy (non-hydrogen) atoms. The third-order valence-corrected chi connectivity index (χ3v) is 8.75. The molecule has 3 heterocycles. The number of aliphatic hydroxyl groups excluding tert-OH is 1. The van der Waals surface area contributed by atoms with Crippen LogP contribution in [0.5, 0.6) is 5.75 Å². The van der Waals surface area contributed by atoms with Gasteiger partial charge in [-0.1, -0.05) is 17.7 Å². The zero-order valence-corrected chi connectivity index (χ0v) is 27.0. The fourth-order valence-electron chi connectivity index (χ4n) is 5.34. The number of fused-ring (bicyclic) bond motifs is 2. The number of carbonyl (C=O) groups is 2. The second-order valence-electron chi connectivity index (χ2n) is 11.8. The Balaban J connectivity index is 1.26. The monoisotopic (exact) mass is 650 g/mol. The molecule has 0 bridgehead atoms. The number of aliphatic hydroxyl groups is 1. The van der Waals surface area contributed by atoms with Crippen LogP contribution >= 0.6 is 0 Å². The lowest BCUT2D eigenvalue weighted by Gasteiger charge is -2.18. The molecule has 0 spiro atoms. The number of H-pyrrole nitrogens is 2. The summed E-state index contributed by atoms with van der Waals surface area (Å²) >= 11 is 0. The SMILES string of the molecule is Cc1ccc(OCC(O)CNc2cc[nH]c(=O)c2-c2nc3cc4c(cc3[nH]2)C(=O)N(CCCN(C)CCS(C)(=O)=O)C4=O)c(C)c1. The zero-order valence-electron chi connectivity index (χ0n) is 26.2. The number of anilines is 1. The van der Waals surface area contributed by atoms with Gasteiger partial charge in [0.15, 0.2) is 0 Å². The minimum Gasteiger partial charge on any atom is -0.491 e. The minimum absolute atomic E-state index is 0.0369. The Hall–Kier alpha value is -4.53. The number of aromatic nitrogens is 3. The lowest BCUT2D eigenvalue weighted by molar-refractivity contribution is 0.0648. The molecule has 1 unspecified atom stereocenters. The number of hydrogen-bond donors (Lipinski definition) is 4. The second kappa shape index (κ2) is 13.4. The first-order valence-corrected chi connectivity index (χ1v) is 17.0. The van der Waals surface area contributed by atoms with Crippen molar-refractivity contribution in [2.75, 3.05) is 57.2 Å². The summed E-state index contributed by atoms with van der Waals surface area (Å²) < 4.78 is 28.6. The van der Waals surface area contributed by atoms with E-state index in [1.54, 1.807) is 25.2 Å². The number of hydrogen-bond acceptors (Lipinski definition) is 10. The van der Waals surface area contributed by atoms with E-state index < -0.39 is 33.3 Å². The zero-order chi connectivity index (χ0) is 33.2. The molecule has 1 aliphatic heterocycles. The van der Waals surface area contributed by atoms with E-state index in [0.29, 0.717) is 42.0 Å². The smallest absolute Gasteiger partial charge is 0.261 e. The van der Waals surface area contributed by atoms with E-state index in [0.717, 1.165) is 11.1 Å². The number of rotatable bonds is 14. The van der Waals surface area contributed by atoms with Crippen LogP contribution in [0.15, 0.2) is 47.4 Å². The summed E-state index contributed by atoms with van der Waals surface area (Å²) in [5, 5.41) is 13.7. The minimum atomic E-state index is -3.08. The number of ether oxygens (including phenoxy) is 1. The van der Waals surface area contributed by atoms with Gasteiger partial charge in [-0.2, -0.15) is 0 Å². The molecule has 0 saturated carbocycles. The molecule has 0 radical (unpaired) electrons. The molecule has 2 aromatic heterocycles. The fourth-order valence-corrected chi connectivity index (χ4v) is 5.99. The highest BCUT2D eigenvalue weighted by Crippen LogP contribution is 2.30. The van der Waals surface area contributed by atoms with Crippen LogP contribution in [-0.4, -0.2) is 108 Å². The van der Waals surface area contributed by atoms with Crippen molar-refractivity contribution in [1.29, 1.82) is 0 Å². The summed E-state index contributed by atoms with van der Waals surface area (Å²) in [6.07, 6.45) is 2.29. The highest BCUT2D eigenvalue weighted by Gasteiger charge is 2.36. The third-order valence-electron chi connectivity index (χ3n) is 7.83. The lowest BCUT2D eigenvalue weighted by atomic mass is 10.1. The molecule has 0 fully saturated rings. The van der Waals surface area contributed by atoms with Crippen LogP contribution in [0, 0.1) is 13.8 Å². The maximum atomic E-state index is 13.2. The molecule has 4 N–H and O–H groups in total. The maximum absolute atomic E-state index is 13.2. The Labute approximate surface area is 266 Å². The van der Waals surface area contributed by atoms with Gasteiger partial charge in [-0.15, -0.1) is 0 Å². The van der Waals surface area contributed by atoms with E-state index in [-0.39, 0.29) is 48.0 Å². The van der Waals surface area contributed by atoms with Crippen LogP contribution in [0.2, 0.25) is 0 Å². The molecular weight excluding hydrogens is 612 g/mol. The van der Waals surface area contributed by atoms with E-state index in [1.165, 1.54) is 17.4 Å². The van der Waals surface area contributed by atoms with Crippen molar-refractivity contribution in [2.45, 2.75) is 26.4 Å². The van der Waals surface area contributed by atoms with Crippen LogP contribution in [0.1, 0.15) is 38.3 Å². The summed E-state index contributed by atoms with van der Waals surface area (Å²) in [7, 11) is -1.29. The quantitative estimate of drug-likeness (QED) is 0.148. The van der Waals surface area contributed by atoms with Crippen LogP contribution in [0.4, 0.5) is 5.69 Å². The number of amides is 2. The first-order valence-electron chi connectivity index (χ1n) is 14.9. The highest BCUT2D eigenvalue weighted by atomic mass is 32.2. The average molecular weight is 651 g/mol. The molecule has 1 aliphatic rings. The standard InChI is InChI=1S/C32H38N6O7S/c1-19-6-7-27(20(2)14-19)45-18-21(39)17-34-24-8-9-33-30(40)28(24)29-35-25-15-22-23(16-26(25)36-29)32(42)38(31(22)41)11-5-10-37(3)12-13-46(4,43)44/h6-9,14-16,21,39H,5,10-13,17-18H2,1-4H3,(H,35,36)(H2,33,34,40). The number of nitrogens with one attached hydrogen (secondary N) is 3. The van der Waals surface area contributed by atoms with Gasteiger partial charge in [0.2, 0.25) is 0 Å². The fraction of sp³-hybridized carbons (Fsp3) is 0.375. The van der Waals surface area contributed by atoms with Gasteiger partial charge >= 0.3 is 0 Å². The molecule has 2 amide bonds. The number of aromatic amines is 2. The van der Waals surface area contributed by atoms with Crippen molar-refractivity contribution in [3.8, 4) is 17.1 Å². The molecule has 5 rings (SSSR count). The molecular formula is C32H38N6O7S. The maximum Gasteiger partial charge on any atom is 0.261 e. The van der Waals surface area contributed by atoms with Crippen LogP contribution in [-0.2, 0) is 9.84 Å². The molecule has 4 aromatic rings. The molecule has 2 aromatic carbocycles. The number of carbonyl (C=O) groups excluding carboxylic acids is 2. The number of nitrogens with zero attached hydrogens (tertiary/aromatic N) is 3. The highest BCUT2D eigenvalue weighted by molar-refractivity contribution is 7.90. The van der Waals surface area contributed by atoms with Crippen molar-refractivity contribution in [2.24, 2.45) is 0 Å². The largest absolute Gasteiger partial charge is 0.491 e. The average Bonchev–Trinajstić information content (AvgIpc) is 3.50. The van der Waals surface area contributed by atoms with E-state index in [9.17, 15) is 27.9 Å². The van der Waals surface area contributed by atoms with E-state index in [1.807, 2.05) is 36.9 Å². The number of benzene rings is 2. The first kappa shape index (κ1) is 32.9. The van der Waals surface area contributed by atoms with Gasteiger partial charge in [-0.3, -0.25) is 19.3 Å². The summed E-state index contributed by atoms with van der Waals surface area (Å²) in [6, 6.07) is 10.6. The molecule has 244 valence electrons. The Morgan fingerprint density at radius 1 is 1.07 bits per heavy atom. The Kier molecular flexibility index (Phi) is 9.60. The number of sulfone groups is 1. The first-order chi connectivity index (χ1) is 21.8. The predicted molar refractivity (Wildman–Crippen MR) is 175 cm³/mol. The topological polar surface area (TPSA) is 178 Å². The van der Waals surface area contributed by atoms with Crippen molar-refractivity contribution in [1.82, 2.24) is 24.8 Å². The van der Waals surface area contributed by atoms with Crippen molar-refractivity contribution in [3.63, 3.8) is 0 Å². The van der Waals surface area contributed by atoms with Gasteiger partial charge in [0.05, 0.1) is 33.6 Å². The lowest BCUT2D eigenvalue weighted by Crippen LogP contribution is -2.33. The number of pyridine rings is 1. The predicted octanol–water partition coefficient (Wildman–Crippen LogP) is 2.35. The normalized spacial score (nSPS) is 13.9. The molecule has 0 aliphatic carbocycles. The van der Waals surface area contributed by atoms with Crippen LogP contribution < -0.4 is 15.6 Å². The van der Waals surface area contributed by atoms with E-state index in [2.05, 4.69) is 20.3 Å². The number of aryl methyl sites for hydroxylation is 2. The summed E-state index contributed by atoms with van der Waals surface area (Å²) in [5.74, 6) is 0.106. The van der Waals surface area contributed by atoms with Gasteiger partial charge < -0.3 is 30.0 Å². The van der Waals surface area contributed by atoms with Crippen molar-refractivity contribution >= 4 is 38.4 Å². The van der Waals surface area contributed by atoms with Gasteiger partial charge in [0.1, 0.15) is 39.7 Å². The summed E-state index contributed by atoms with van der Waals surface area (Å²) in [6.45, 7) is 5.16. The van der Waals surface area contributed by atoms with Crippen molar-refractivity contribution < 1.29 is 27.9 Å². The number of imide groups is 1. The molecule has 13 nitrogen and oxygen atoms in total. The van der Waals surface area contributed by atoms with Crippen LogP contribution in [0.25, 0.3) is 22.4 Å².